The molecule has 4 nitrogen and oxygen atoms in total. The lowest BCUT2D eigenvalue weighted by Gasteiger charge is -2.03. The monoisotopic (exact) mass is 277 g/mol. The molecule has 0 unspecified atom stereocenters. The second-order valence-corrected chi connectivity index (χ2v) is 3.95. The van der Waals surface area contributed by atoms with E-state index in [0.717, 1.165) is 15.9 Å². The fraction of sp³-hybridized carbons (Fsp3) is 0.0909. The van der Waals surface area contributed by atoms with E-state index in [1.165, 1.54) is 6.08 Å². The van der Waals surface area contributed by atoms with Crippen LogP contribution in [0.5, 0.6) is 0 Å². The zero-order chi connectivity index (χ0) is 11.4. The van der Waals surface area contributed by atoms with Crippen molar-refractivity contribution in [2.24, 2.45) is 4.99 Å². The topological polar surface area (TPSA) is 47.2 Å². The second kappa shape index (κ2) is 4.88. The highest BCUT2D eigenvalue weighted by Crippen LogP contribution is 2.16. The number of carbonyl (C=O) groups excluding carboxylic acids is 1. The lowest BCUT2D eigenvalue weighted by molar-refractivity contribution is 0.563. The van der Waals surface area contributed by atoms with Crippen LogP contribution in [-0.2, 0) is 11.3 Å². The van der Waals surface area contributed by atoms with Crippen LogP contribution in [0.1, 0.15) is 5.56 Å². The number of benzene rings is 1. The lowest BCUT2D eigenvalue weighted by atomic mass is 10.2. The molecule has 2 aromatic rings. The van der Waals surface area contributed by atoms with Crippen LogP contribution in [0.15, 0.2) is 46.1 Å². The summed E-state index contributed by atoms with van der Waals surface area (Å²) in [6, 6.07) is 9.53. The SMILES string of the molecule is O=C=NCc1ccc(-n2nccc2Br)cc1. The summed E-state index contributed by atoms with van der Waals surface area (Å²) in [4.78, 5) is 13.5. The molecule has 80 valence electrons. The van der Waals surface area contributed by atoms with Crippen LogP contribution in [0.3, 0.4) is 0 Å². The van der Waals surface area contributed by atoms with E-state index in [1.54, 1.807) is 10.9 Å². The van der Waals surface area contributed by atoms with Crippen LogP contribution in [0.4, 0.5) is 0 Å². The summed E-state index contributed by atoms with van der Waals surface area (Å²) in [5.74, 6) is 0. The van der Waals surface area contributed by atoms with E-state index in [0.29, 0.717) is 6.54 Å². The fourth-order valence-electron chi connectivity index (χ4n) is 1.34. The van der Waals surface area contributed by atoms with E-state index in [4.69, 9.17) is 0 Å². The summed E-state index contributed by atoms with van der Waals surface area (Å²) in [6.45, 7) is 0.365. The summed E-state index contributed by atoms with van der Waals surface area (Å²) in [5.41, 5.74) is 1.92. The summed E-state index contributed by atoms with van der Waals surface area (Å²) in [5, 5.41) is 4.16. The molecular weight excluding hydrogens is 270 g/mol. The Morgan fingerprint density at radius 3 is 2.62 bits per heavy atom. The molecule has 0 fully saturated rings. The van der Waals surface area contributed by atoms with Crippen molar-refractivity contribution in [1.29, 1.82) is 0 Å². The average molecular weight is 278 g/mol. The van der Waals surface area contributed by atoms with Gasteiger partial charge in [0.1, 0.15) is 4.60 Å². The molecule has 0 atom stereocenters. The second-order valence-electron chi connectivity index (χ2n) is 3.14. The van der Waals surface area contributed by atoms with E-state index in [2.05, 4.69) is 26.0 Å². The smallest absolute Gasteiger partial charge is 0.227 e. The molecular formula is C11H8BrN3O. The number of hydrogen-bond donors (Lipinski definition) is 0. The standard InChI is InChI=1S/C11H8BrN3O/c12-11-5-6-14-15(11)10-3-1-9(2-4-10)7-13-8-16/h1-6H,7H2. The van der Waals surface area contributed by atoms with Gasteiger partial charge in [0.05, 0.1) is 18.4 Å². The van der Waals surface area contributed by atoms with Crippen LogP contribution in [0, 0.1) is 0 Å². The quantitative estimate of drug-likeness (QED) is 0.639. The highest BCUT2D eigenvalue weighted by molar-refractivity contribution is 9.10. The van der Waals surface area contributed by atoms with Crippen LogP contribution in [0.2, 0.25) is 0 Å². The molecule has 2 rings (SSSR count). The Morgan fingerprint density at radius 1 is 1.31 bits per heavy atom. The van der Waals surface area contributed by atoms with Gasteiger partial charge in [-0.3, -0.25) is 0 Å². The molecule has 0 aliphatic carbocycles. The maximum Gasteiger partial charge on any atom is 0.235 e. The van der Waals surface area contributed by atoms with Crippen LogP contribution >= 0.6 is 15.9 Å². The zero-order valence-corrected chi connectivity index (χ0v) is 9.89. The first kappa shape index (κ1) is 10.8. The van der Waals surface area contributed by atoms with Gasteiger partial charge in [0.2, 0.25) is 6.08 Å². The first-order chi connectivity index (χ1) is 7.81. The number of halogens is 1. The molecule has 1 aromatic carbocycles. The molecule has 0 bridgehead atoms. The van der Waals surface area contributed by atoms with E-state index in [-0.39, 0.29) is 0 Å². The first-order valence-electron chi connectivity index (χ1n) is 4.64. The Kier molecular flexibility index (Phi) is 3.29. The van der Waals surface area contributed by atoms with Gasteiger partial charge in [-0.15, -0.1) is 0 Å². The summed E-state index contributed by atoms with van der Waals surface area (Å²) in [7, 11) is 0. The minimum atomic E-state index is 0.365. The van der Waals surface area contributed by atoms with Crippen molar-refractivity contribution in [2.45, 2.75) is 6.54 Å². The highest BCUT2D eigenvalue weighted by atomic mass is 79.9. The molecule has 0 aliphatic heterocycles. The van der Waals surface area contributed by atoms with Crippen molar-refractivity contribution < 1.29 is 4.79 Å². The summed E-state index contributed by atoms with van der Waals surface area (Å²) < 4.78 is 2.67. The molecule has 1 heterocycles. The Bertz CT molecular complexity index is 526. The number of aliphatic imine (C=N–C) groups is 1. The number of hydrogen-bond acceptors (Lipinski definition) is 3. The van der Waals surface area contributed by atoms with Crippen molar-refractivity contribution in [1.82, 2.24) is 9.78 Å². The van der Waals surface area contributed by atoms with Crippen molar-refractivity contribution >= 4 is 22.0 Å². The Labute approximate surface area is 101 Å². The minimum Gasteiger partial charge on any atom is -0.227 e. The third-order valence-corrected chi connectivity index (χ3v) is 2.70. The Balaban J connectivity index is 2.26. The van der Waals surface area contributed by atoms with Gasteiger partial charge < -0.3 is 0 Å². The molecule has 16 heavy (non-hydrogen) atoms. The molecule has 5 heteroatoms. The van der Waals surface area contributed by atoms with Gasteiger partial charge in [-0.1, -0.05) is 12.1 Å². The van der Waals surface area contributed by atoms with Gasteiger partial charge >= 0.3 is 0 Å². The average Bonchev–Trinajstić information content (AvgIpc) is 2.74. The third-order valence-electron chi connectivity index (χ3n) is 2.10. The molecule has 0 spiro atoms. The predicted octanol–water partition coefficient (Wildman–Crippen LogP) is 2.47. The number of aromatic nitrogens is 2. The predicted molar refractivity (Wildman–Crippen MR) is 63.1 cm³/mol. The molecule has 0 radical (unpaired) electrons. The molecule has 0 amide bonds. The van der Waals surface area contributed by atoms with Crippen LogP contribution < -0.4 is 0 Å². The lowest BCUT2D eigenvalue weighted by Crippen LogP contribution is -1.96. The van der Waals surface area contributed by atoms with Gasteiger partial charge in [-0.2, -0.15) is 5.10 Å². The maximum absolute atomic E-state index is 9.96. The van der Waals surface area contributed by atoms with E-state index in [9.17, 15) is 4.79 Å². The van der Waals surface area contributed by atoms with E-state index in [1.807, 2.05) is 30.3 Å². The van der Waals surface area contributed by atoms with Gasteiger partial charge in [0.15, 0.2) is 0 Å². The third kappa shape index (κ3) is 2.27. The van der Waals surface area contributed by atoms with Gasteiger partial charge in [-0.05, 0) is 39.7 Å². The summed E-state index contributed by atoms with van der Waals surface area (Å²) >= 11 is 3.39. The van der Waals surface area contributed by atoms with Crippen molar-refractivity contribution in [2.75, 3.05) is 0 Å². The van der Waals surface area contributed by atoms with Crippen molar-refractivity contribution in [3.63, 3.8) is 0 Å². The molecule has 1 aromatic heterocycles. The van der Waals surface area contributed by atoms with Crippen LogP contribution in [0.25, 0.3) is 5.69 Å². The first-order valence-corrected chi connectivity index (χ1v) is 5.43. The molecule has 0 aliphatic rings. The van der Waals surface area contributed by atoms with Gasteiger partial charge in [0.25, 0.3) is 0 Å². The van der Waals surface area contributed by atoms with E-state index >= 15 is 0 Å². The Hall–Kier alpha value is -1.71. The number of isocyanates is 1. The zero-order valence-electron chi connectivity index (χ0n) is 8.30. The molecule has 0 saturated carbocycles. The summed E-state index contributed by atoms with van der Waals surface area (Å²) in [6.07, 6.45) is 3.23. The van der Waals surface area contributed by atoms with Crippen molar-refractivity contribution in [3.8, 4) is 5.69 Å². The normalized spacial score (nSPS) is 9.81. The van der Waals surface area contributed by atoms with E-state index < -0.39 is 0 Å². The van der Waals surface area contributed by atoms with Gasteiger partial charge in [0, 0.05) is 0 Å². The van der Waals surface area contributed by atoms with Crippen LogP contribution in [-0.4, -0.2) is 15.9 Å². The maximum atomic E-state index is 9.96. The molecule has 0 N–H and O–H groups in total. The number of rotatable bonds is 3. The fourth-order valence-corrected chi connectivity index (χ4v) is 1.76. The minimum absolute atomic E-state index is 0.365. The highest BCUT2D eigenvalue weighted by Gasteiger charge is 2.01. The van der Waals surface area contributed by atoms with Crippen molar-refractivity contribution in [3.05, 3.63) is 46.7 Å². The van der Waals surface area contributed by atoms with Gasteiger partial charge in [-0.25, -0.2) is 14.5 Å². The largest absolute Gasteiger partial charge is 0.235 e. The number of nitrogens with zero attached hydrogens (tertiary/aromatic N) is 3. The Morgan fingerprint density at radius 2 is 2.06 bits per heavy atom. The molecule has 0 saturated heterocycles.